The molecule has 1 atom stereocenters. The van der Waals surface area contributed by atoms with Gasteiger partial charge in [-0.1, -0.05) is 17.8 Å². The summed E-state index contributed by atoms with van der Waals surface area (Å²) in [4.78, 5) is 13.7. The minimum Gasteiger partial charge on any atom is -0.454 e. The Balaban J connectivity index is 1.46. The van der Waals surface area contributed by atoms with Crippen molar-refractivity contribution in [2.45, 2.75) is 30.8 Å². The van der Waals surface area contributed by atoms with Gasteiger partial charge in [-0.3, -0.25) is 4.79 Å². The van der Waals surface area contributed by atoms with Crippen LogP contribution in [0.4, 0.5) is 5.69 Å². The van der Waals surface area contributed by atoms with Gasteiger partial charge < -0.3 is 19.4 Å². The molecule has 0 bridgehead atoms. The quantitative estimate of drug-likeness (QED) is 0.631. The molecule has 27 heavy (non-hydrogen) atoms. The van der Waals surface area contributed by atoms with Crippen molar-refractivity contribution in [3.05, 3.63) is 35.7 Å². The maximum atomic E-state index is 12.6. The molecule has 1 unspecified atom stereocenters. The third kappa shape index (κ3) is 3.65. The van der Waals surface area contributed by atoms with Crippen LogP contribution in [0.2, 0.25) is 0 Å². The van der Waals surface area contributed by atoms with E-state index in [4.69, 9.17) is 9.47 Å². The first kappa shape index (κ1) is 17.9. The van der Waals surface area contributed by atoms with Crippen molar-refractivity contribution in [1.82, 2.24) is 14.8 Å². The second-order valence-corrected chi connectivity index (χ2v) is 8.10. The van der Waals surface area contributed by atoms with Crippen LogP contribution in [0.5, 0.6) is 11.5 Å². The highest BCUT2D eigenvalue weighted by atomic mass is 32.2. The average Bonchev–Trinajstić information content (AvgIpc) is 3.41. The van der Waals surface area contributed by atoms with Gasteiger partial charge in [0, 0.05) is 18.3 Å². The summed E-state index contributed by atoms with van der Waals surface area (Å²) in [6.07, 6.45) is 0. The van der Waals surface area contributed by atoms with E-state index < -0.39 is 0 Å². The van der Waals surface area contributed by atoms with E-state index >= 15 is 0 Å². The first-order valence-corrected chi connectivity index (χ1v) is 10.3. The minimum atomic E-state index is -0.332. The summed E-state index contributed by atoms with van der Waals surface area (Å²) in [6.45, 7) is 4.84. The summed E-state index contributed by atoms with van der Waals surface area (Å²) < 4.78 is 12.7. The summed E-state index contributed by atoms with van der Waals surface area (Å²) in [6, 6.07) is 9.36. The number of thiophene rings is 1. The predicted molar refractivity (Wildman–Crippen MR) is 106 cm³/mol. The number of ether oxygens (including phenoxy) is 2. The molecule has 4 rings (SSSR count). The molecule has 140 valence electrons. The Hall–Kier alpha value is -2.52. The Morgan fingerprint density at radius 1 is 1.33 bits per heavy atom. The SMILES string of the molecule is CCn1c(SC(C)C(=O)Nc2ccc3c(c2)OCO3)nnc1-c1cccs1. The molecule has 1 aliphatic heterocycles. The van der Waals surface area contributed by atoms with Crippen molar-refractivity contribution >= 4 is 34.7 Å². The van der Waals surface area contributed by atoms with Gasteiger partial charge in [-0.25, -0.2) is 0 Å². The molecule has 0 saturated heterocycles. The lowest BCUT2D eigenvalue weighted by molar-refractivity contribution is -0.115. The predicted octanol–water partition coefficient (Wildman–Crippen LogP) is 3.87. The monoisotopic (exact) mass is 402 g/mol. The molecule has 1 N–H and O–H groups in total. The van der Waals surface area contributed by atoms with Crippen LogP contribution in [0.25, 0.3) is 10.7 Å². The summed E-state index contributed by atoms with van der Waals surface area (Å²) in [7, 11) is 0. The number of anilines is 1. The lowest BCUT2D eigenvalue weighted by Gasteiger charge is -2.13. The number of amides is 1. The third-order valence-electron chi connectivity index (χ3n) is 4.07. The van der Waals surface area contributed by atoms with Gasteiger partial charge in [-0.15, -0.1) is 21.5 Å². The number of fused-ring (bicyclic) bond motifs is 1. The zero-order valence-electron chi connectivity index (χ0n) is 14.8. The van der Waals surface area contributed by atoms with E-state index in [1.54, 1.807) is 29.5 Å². The number of carbonyl (C=O) groups is 1. The average molecular weight is 403 g/mol. The second-order valence-electron chi connectivity index (χ2n) is 5.85. The van der Waals surface area contributed by atoms with Crippen molar-refractivity contribution in [3.63, 3.8) is 0 Å². The van der Waals surface area contributed by atoms with Crippen molar-refractivity contribution in [2.75, 3.05) is 12.1 Å². The Bertz CT molecular complexity index is 956. The van der Waals surface area contributed by atoms with Crippen LogP contribution < -0.4 is 14.8 Å². The zero-order valence-corrected chi connectivity index (χ0v) is 16.5. The molecule has 2 aromatic heterocycles. The number of hydrogen-bond donors (Lipinski definition) is 1. The number of nitrogens with zero attached hydrogens (tertiary/aromatic N) is 3. The number of thioether (sulfide) groups is 1. The molecule has 3 heterocycles. The summed E-state index contributed by atoms with van der Waals surface area (Å²) in [5.74, 6) is 2.05. The lowest BCUT2D eigenvalue weighted by Crippen LogP contribution is -2.22. The number of nitrogens with one attached hydrogen (secondary N) is 1. The topological polar surface area (TPSA) is 78.3 Å². The van der Waals surface area contributed by atoms with Crippen LogP contribution in [0.1, 0.15) is 13.8 Å². The van der Waals surface area contributed by atoms with Gasteiger partial charge in [-0.05, 0) is 37.4 Å². The Morgan fingerprint density at radius 2 is 2.19 bits per heavy atom. The van der Waals surface area contributed by atoms with Crippen LogP contribution in [0.15, 0.2) is 40.9 Å². The van der Waals surface area contributed by atoms with Gasteiger partial charge in [0.15, 0.2) is 22.5 Å². The minimum absolute atomic E-state index is 0.109. The van der Waals surface area contributed by atoms with Gasteiger partial charge in [0.05, 0.1) is 10.1 Å². The van der Waals surface area contributed by atoms with Crippen LogP contribution in [0.3, 0.4) is 0 Å². The fraction of sp³-hybridized carbons (Fsp3) is 0.278. The molecule has 0 spiro atoms. The number of carbonyl (C=O) groups excluding carboxylic acids is 1. The normalized spacial score (nSPS) is 13.6. The van der Waals surface area contributed by atoms with Crippen molar-refractivity contribution in [1.29, 1.82) is 0 Å². The summed E-state index contributed by atoms with van der Waals surface area (Å²) in [5, 5.41) is 13.9. The maximum absolute atomic E-state index is 12.6. The molecule has 1 aliphatic rings. The molecule has 0 fully saturated rings. The second kappa shape index (κ2) is 7.61. The van der Waals surface area contributed by atoms with Crippen molar-refractivity contribution in [3.8, 4) is 22.2 Å². The van der Waals surface area contributed by atoms with E-state index in [0.717, 1.165) is 22.4 Å². The molecule has 0 saturated carbocycles. The molecule has 3 aromatic rings. The molecule has 1 amide bonds. The van der Waals surface area contributed by atoms with Gasteiger partial charge >= 0.3 is 0 Å². The van der Waals surface area contributed by atoms with E-state index in [1.165, 1.54) is 11.8 Å². The fourth-order valence-corrected chi connectivity index (χ4v) is 4.31. The standard InChI is InChI=1S/C18H18N4O3S2/c1-3-22-16(15-5-4-8-26-15)20-21-18(22)27-11(2)17(23)19-12-6-7-13-14(9-12)25-10-24-13/h4-9,11H,3,10H2,1-2H3,(H,19,23). The van der Waals surface area contributed by atoms with E-state index in [2.05, 4.69) is 15.5 Å². The fourth-order valence-electron chi connectivity index (χ4n) is 2.68. The maximum Gasteiger partial charge on any atom is 0.237 e. The van der Waals surface area contributed by atoms with Crippen LogP contribution in [0, 0.1) is 0 Å². The molecule has 7 nitrogen and oxygen atoms in total. The number of aromatic nitrogens is 3. The Kier molecular flexibility index (Phi) is 5.04. The van der Waals surface area contributed by atoms with Crippen LogP contribution >= 0.6 is 23.1 Å². The Morgan fingerprint density at radius 3 is 2.96 bits per heavy atom. The van der Waals surface area contributed by atoms with E-state index in [9.17, 15) is 4.79 Å². The van der Waals surface area contributed by atoms with Crippen LogP contribution in [-0.2, 0) is 11.3 Å². The number of hydrogen-bond acceptors (Lipinski definition) is 7. The van der Waals surface area contributed by atoms with E-state index in [1.807, 2.05) is 35.9 Å². The number of rotatable bonds is 6. The van der Waals surface area contributed by atoms with Gasteiger partial charge in [0.1, 0.15) is 0 Å². The molecular formula is C18H18N4O3S2. The van der Waals surface area contributed by atoms with E-state index in [-0.39, 0.29) is 18.0 Å². The Labute approximate surface area is 164 Å². The van der Waals surface area contributed by atoms with Crippen molar-refractivity contribution in [2.24, 2.45) is 0 Å². The number of benzene rings is 1. The third-order valence-corrected chi connectivity index (χ3v) is 6.01. The molecule has 9 heteroatoms. The molecule has 0 aliphatic carbocycles. The van der Waals surface area contributed by atoms with Crippen molar-refractivity contribution < 1.29 is 14.3 Å². The van der Waals surface area contributed by atoms with E-state index in [0.29, 0.717) is 17.2 Å². The smallest absolute Gasteiger partial charge is 0.237 e. The molecule has 0 radical (unpaired) electrons. The zero-order chi connectivity index (χ0) is 18.8. The highest BCUT2D eigenvalue weighted by Gasteiger charge is 2.21. The lowest BCUT2D eigenvalue weighted by atomic mass is 10.2. The van der Waals surface area contributed by atoms with Gasteiger partial charge in [0.25, 0.3) is 0 Å². The first-order valence-electron chi connectivity index (χ1n) is 8.50. The van der Waals surface area contributed by atoms with Gasteiger partial charge in [0.2, 0.25) is 12.7 Å². The first-order chi connectivity index (χ1) is 13.2. The molecule has 1 aromatic carbocycles. The highest BCUT2D eigenvalue weighted by molar-refractivity contribution is 8.00. The summed E-state index contributed by atoms with van der Waals surface area (Å²) >= 11 is 3.01. The van der Waals surface area contributed by atoms with Crippen LogP contribution in [-0.4, -0.2) is 32.7 Å². The largest absolute Gasteiger partial charge is 0.454 e. The summed E-state index contributed by atoms with van der Waals surface area (Å²) in [5.41, 5.74) is 0.674. The highest BCUT2D eigenvalue weighted by Crippen LogP contribution is 2.35. The molecular weight excluding hydrogens is 384 g/mol. The van der Waals surface area contributed by atoms with Gasteiger partial charge in [-0.2, -0.15) is 0 Å².